The fourth-order valence-electron chi connectivity index (χ4n) is 1.52. The van der Waals surface area contributed by atoms with Crippen molar-refractivity contribution < 1.29 is 4.79 Å². The molecule has 0 atom stereocenters. The molecule has 0 saturated carbocycles. The highest BCUT2D eigenvalue weighted by Gasteiger charge is 2.00. The minimum Gasteiger partial charge on any atom is -0.300 e. The molecule has 0 amide bonds. The molecule has 0 bridgehead atoms. The van der Waals surface area contributed by atoms with Crippen LogP contribution in [0.1, 0.15) is 58.8 Å². The van der Waals surface area contributed by atoms with E-state index in [1.165, 1.54) is 5.57 Å². The van der Waals surface area contributed by atoms with E-state index in [0.29, 0.717) is 5.78 Å². The fourth-order valence-corrected chi connectivity index (χ4v) is 1.52. The molecule has 0 N–H and O–H groups in total. The van der Waals surface area contributed by atoms with Gasteiger partial charge in [0.15, 0.2) is 0 Å². The zero-order valence-electron chi connectivity index (χ0n) is 10.2. The third-order valence-electron chi connectivity index (χ3n) is 2.42. The predicted octanol–water partition coefficient (Wildman–Crippen LogP) is 4.44. The maximum atomic E-state index is 11.2. The van der Waals surface area contributed by atoms with E-state index in [1.807, 2.05) is 13.8 Å². The van der Waals surface area contributed by atoms with Crippen molar-refractivity contribution in [2.75, 3.05) is 0 Å². The maximum Gasteiger partial charge on any atom is 0.132 e. The standard InChI is InChI=1S/C14H24O/c1-4-6-7-10-13(3)11-8-12-14(15)9-5-2/h4,6H,3,5,7-12H2,1-2H3. The van der Waals surface area contributed by atoms with Crippen LogP contribution in [0.5, 0.6) is 0 Å². The Balaban J connectivity index is 3.42. The van der Waals surface area contributed by atoms with E-state index in [1.54, 1.807) is 0 Å². The maximum absolute atomic E-state index is 11.2. The van der Waals surface area contributed by atoms with Gasteiger partial charge in [-0.05, 0) is 39.0 Å². The summed E-state index contributed by atoms with van der Waals surface area (Å²) in [4.78, 5) is 11.2. The number of carbonyl (C=O) groups is 1. The first-order valence-corrected chi connectivity index (χ1v) is 6.00. The van der Waals surface area contributed by atoms with Gasteiger partial charge in [-0.3, -0.25) is 4.79 Å². The third-order valence-corrected chi connectivity index (χ3v) is 2.42. The molecule has 0 aromatic carbocycles. The first kappa shape index (κ1) is 14.2. The molecule has 15 heavy (non-hydrogen) atoms. The molecule has 0 aromatic rings. The number of ketones is 1. The Labute approximate surface area is 94.3 Å². The highest BCUT2D eigenvalue weighted by atomic mass is 16.1. The smallest absolute Gasteiger partial charge is 0.132 e. The Morgan fingerprint density at radius 2 is 1.93 bits per heavy atom. The first-order chi connectivity index (χ1) is 7.20. The molecule has 0 saturated heterocycles. The molecule has 0 unspecified atom stereocenters. The second kappa shape index (κ2) is 9.70. The highest BCUT2D eigenvalue weighted by Crippen LogP contribution is 2.12. The summed E-state index contributed by atoms with van der Waals surface area (Å²) in [7, 11) is 0. The zero-order chi connectivity index (χ0) is 11.5. The summed E-state index contributed by atoms with van der Waals surface area (Å²) in [6.07, 6.45) is 10.8. The van der Waals surface area contributed by atoms with Gasteiger partial charge in [0.05, 0.1) is 0 Å². The van der Waals surface area contributed by atoms with Crippen LogP contribution in [-0.4, -0.2) is 5.78 Å². The molecule has 0 aromatic heterocycles. The largest absolute Gasteiger partial charge is 0.300 e. The van der Waals surface area contributed by atoms with Crippen LogP contribution in [0.15, 0.2) is 24.3 Å². The van der Waals surface area contributed by atoms with Gasteiger partial charge in [-0.2, -0.15) is 0 Å². The monoisotopic (exact) mass is 208 g/mol. The lowest BCUT2D eigenvalue weighted by Crippen LogP contribution is -1.96. The van der Waals surface area contributed by atoms with Gasteiger partial charge in [0.1, 0.15) is 5.78 Å². The van der Waals surface area contributed by atoms with Crippen molar-refractivity contribution in [3.8, 4) is 0 Å². The van der Waals surface area contributed by atoms with Crippen LogP contribution in [-0.2, 0) is 4.79 Å². The molecule has 0 rings (SSSR count). The molecule has 0 aliphatic rings. The van der Waals surface area contributed by atoms with Crippen molar-refractivity contribution in [3.63, 3.8) is 0 Å². The van der Waals surface area contributed by atoms with E-state index in [9.17, 15) is 4.79 Å². The van der Waals surface area contributed by atoms with Crippen molar-refractivity contribution in [2.45, 2.75) is 58.8 Å². The lowest BCUT2D eigenvalue weighted by molar-refractivity contribution is -0.119. The average Bonchev–Trinajstić information content (AvgIpc) is 2.18. The van der Waals surface area contributed by atoms with E-state index in [0.717, 1.165) is 44.9 Å². The van der Waals surface area contributed by atoms with Crippen LogP contribution >= 0.6 is 0 Å². The molecule has 0 aliphatic carbocycles. The quantitative estimate of drug-likeness (QED) is 0.512. The Hall–Kier alpha value is -0.850. The normalized spacial score (nSPS) is 10.8. The summed E-state index contributed by atoms with van der Waals surface area (Å²) < 4.78 is 0. The summed E-state index contributed by atoms with van der Waals surface area (Å²) in [6, 6.07) is 0. The zero-order valence-corrected chi connectivity index (χ0v) is 10.2. The van der Waals surface area contributed by atoms with Crippen LogP contribution in [0.4, 0.5) is 0 Å². The van der Waals surface area contributed by atoms with E-state index in [-0.39, 0.29) is 0 Å². The summed E-state index contributed by atoms with van der Waals surface area (Å²) in [5, 5.41) is 0. The van der Waals surface area contributed by atoms with E-state index in [2.05, 4.69) is 18.7 Å². The van der Waals surface area contributed by atoms with Crippen molar-refractivity contribution in [1.29, 1.82) is 0 Å². The van der Waals surface area contributed by atoms with Crippen LogP contribution in [0, 0.1) is 0 Å². The van der Waals surface area contributed by atoms with Gasteiger partial charge >= 0.3 is 0 Å². The second-order valence-corrected chi connectivity index (χ2v) is 4.00. The summed E-state index contributed by atoms with van der Waals surface area (Å²) in [5.41, 5.74) is 1.28. The Morgan fingerprint density at radius 3 is 2.53 bits per heavy atom. The number of carbonyl (C=O) groups excluding carboxylic acids is 1. The van der Waals surface area contributed by atoms with Gasteiger partial charge in [0.2, 0.25) is 0 Å². The van der Waals surface area contributed by atoms with Gasteiger partial charge < -0.3 is 0 Å². The lowest BCUT2D eigenvalue weighted by Gasteiger charge is -2.03. The topological polar surface area (TPSA) is 17.1 Å². The third kappa shape index (κ3) is 9.45. The Kier molecular flexibility index (Phi) is 9.15. The van der Waals surface area contributed by atoms with Gasteiger partial charge in [0.25, 0.3) is 0 Å². The number of rotatable bonds is 9. The summed E-state index contributed by atoms with van der Waals surface area (Å²) in [5.74, 6) is 0.402. The van der Waals surface area contributed by atoms with Crippen molar-refractivity contribution in [1.82, 2.24) is 0 Å². The van der Waals surface area contributed by atoms with Crippen LogP contribution in [0.25, 0.3) is 0 Å². The molecule has 0 fully saturated rings. The summed E-state index contributed by atoms with van der Waals surface area (Å²) in [6.45, 7) is 8.11. The van der Waals surface area contributed by atoms with E-state index >= 15 is 0 Å². The number of allylic oxidation sites excluding steroid dienone is 3. The minimum absolute atomic E-state index is 0.402. The van der Waals surface area contributed by atoms with Crippen LogP contribution in [0.2, 0.25) is 0 Å². The van der Waals surface area contributed by atoms with Gasteiger partial charge in [-0.1, -0.05) is 31.2 Å². The van der Waals surface area contributed by atoms with Gasteiger partial charge in [0, 0.05) is 12.8 Å². The number of hydrogen-bond acceptors (Lipinski definition) is 1. The predicted molar refractivity (Wildman–Crippen MR) is 67.0 cm³/mol. The SMILES string of the molecule is C=C(CCC=CC)CCCC(=O)CCC. The van der Waals surface area contributed by atoms with Crippen molar-refractivity contribution in [2.24, 2.45) is 0 Å². The number of hydrogen-bond donors (Lipinski definition) is 0. The van der Waals surface area contributed by atoms with Gasteiger partial charge in [-0.15, -0.1) is 0 Å². The lowest BCUT2D eigenvalue weighted by atomic mass is 10.0. The molecule has 0 radical (unpaired) electrons. The average molecular weight is 208 g/mol. The first-order valence-electron chi connectivity index (χ1n) is 6.00. The molecule has 0 spiro atoms. The molecular weight excluding hydrogens is 184 g/mol. The number of Topliss-reactive ketones (excluding diaryl/α,β-unsaturated/α-hetero) is 1. The van der Waals surface area contributed by atoms with Crippen molar-refractivity contribution >= 4 is 5.78 Å². The van der Waals surface area contributed by atoms with E-state index in [4.69, 9.17) is 0 Å². The summed E-state index contributed by atoms with van der Waals surface area (Å²) >= 11 is 0. The molecule has 0 aliphatic heterocycles. The second-order valence-electron chi connectivity index (χ2n) is 4.00. The highest BCUT2D eigenvalue weighted by molar-refractivity contribution is 5.78. The molecular formula is C14H24O. The Morgan fingerprint density at radius 1 is 1.20 bits per heavy atom. The minimum atomic E-state index is 0.402. The van der Waals surface area contributed by atoms with Crippen LogP contribution in [0.3, 0.4) is 0 Å². The van der Waals surface area contributed by atoms with Gasteiger partial charge in [-0.25, -0.2) is 0 Å². The molecule has 1 heteroatoms. The Bertz CT molecular complexity index is 213. The van der Waals surface area contributed by atoms with E-state index < -0.39 is 0 Å². The molecule has 86 valence electrons. The molecule has 0 heterocycles. The molecule has 1 nitrogen and oxygen atoms in total. The fraction of sp³-hybridized carbons (Fsp3) is 0.643. The van der Waals surface area contributed by atoms with Crippen molar-refractivity contribution in [3.05, 3.63) is 24.3 Å². The van der Waals surface area contributed by atoms with Crippen LogP contribution < -0.4 is 0 Å².